The van der Waals surface area contributed by atoms with E-state index in [1.54, 1.807) is 24.3 Å². The number of rotatable bonds is 7. The van der Waals surface area contributed by atoms with E-state index in [1.165, 1.54) is 0 Å². The molecule has 1 rings (SSSR count). The summed E-state index contributed by atoms with van der Waals surface area (Å²) in [6.45, 7) is 2.31. The molecule has 4 nitrogen and oxygen atoms in total. The number of benzene rings is 1. The highest BCUT2D eigenvalue weighted by molar-refractivity contribution is 5.75. The van der Waals surface area contributed by atoms with E-state index in [2.05, 4.69) is 0 Å². The van der Waals surface area contributed by atoms with Crippen molar-refractivity contribution in [2.75, 3.05) is 13.2 Å². The highest BCUT2D eigenvalue weighted by Crippen LogP contribution is 2.11. The van der Waals surface area contributed by atoms with Crippen LogP contribution in [-0.2, 0) is 9.53 Å². The van der Waals surface area contributed by atoms with Crippen LogP contribution in [-0.4, -0.2) is 25.5 Å². The molecule has 92 valence electrons. The predicted octanol–water partition coefficient (Wildman–Crippen LogP) is 2.22. The van der Waals surface area contributed by atoms with Crippen LogP contribution in [0.1, 0.15) is 30.1 Å². The van der Waals surface area contributed by atoms with Gasteiger partial charge in [-0.3, -0.25) is 4.79 Å². The van der Waals surface area contributed by atoms with Gasteiger partial charge in [0.05, 0.1) is 6.61 Å². The van der Waals surface area contributed by atoms with Crippen LogP contribution in [0.25, 0.3) is 0 Å². The van der Waals surface area contributed by atoms with Gasteiger partial charge in [0.25, 0.3) is 0 Å². The highest BCUT2D eigenvalue weighted by Gasteiger charge is 2.04. The lowest BCUT2D eigenvalue weighted by Gasteiger charge is -2.06. The minimum absolute atomic E-state index is 0.133. The standard InChI is InChI=1S/C13H16O4/c1-2-3-7-16-13(15)10-17-12-6-4-5-11(8-12)9-14/h4-6,8-9H,2-3,7,10H2,1H3. The van der Waals surface area contributed by atoms with E-state index in [1.807, 2.05) is 6.92 Å². The predicted molar refractivity (Wildman–Crippen MR) is 63.2 cm³/mol. The largest absolute Gasteiger partial charge is 0.482 e. The number of aldehydes is 1. The normalized spacial score (nSPS) is 9.71. The second kappa shape index (κ2) is 7.44. The molecule has 0 heterocycles. The summed E-state index contributed by atoms with van der Waals surface area (Å²) in [6, 6.07) is 6.62. The summed E-state index contributed by atoms with van der Waals surface area (Å²) in [7, 11) is 0. The molecule has 0 N–H and O–H groups in total. The number of unbranched alkanes of at least 4 members (excludes halogenated alkanes) is 1. The van der Waals surface area contributed by atoms with Gasteiger partial charge in [-0.15, -0.1) is 0 Å². The Bertz CT molecular complexity index is 373. The van der Waals surface area contributed by atoms with Crippen LogP contribution in [0.4, 0.5) is 0 Å². The Hall–Kier alpha value is -1.84. The Kier molecular flexibility index (Phi) is 5.79. The third-order valence-corrected chi connectivity index (χ3v) is 2.11. The van der Waals surface area contributed by atoms with Gasteiger partial charge in [-0.2, -0.15) is 0 Å². The summed E-state index contributed by atoms with van der Waals surface area (Å²) in [5, 5.41) is 0. The number of ether oxygens (including phenoxy) is 2. The Morgan fingerprint density at radius 3 is 2.94 bits per heavy atom. The summed E-state index contributed by atoms with van der Waals surface area (Å²) < 4.78 is 10.1. The Morgan fingerprint density at radius 1 is 1.41 bits per heavy atom. The van der Waals surface area contributed by atoms with Crippen molar-refractivity contribution in [3.05, 3.63) is 29.8 Å². The molecule has 4 heteroatoms. The van der Waals surface area contributed by atoms with Crippen LogP contribution < -0.4 is 4.74 Å². The van der Waals surface area contributed by atoms with Crippen LogP contribution in [0.5, 0.6) is 5.75 Å². The molecular formula is C13H16O4. The molecule has 0 fully saturated rings. The topological polar surface area (TPSA) is 52.6 Å². The van der Waals surface area contributed by atoms with Crippen molar-refractivity contribution in [1.29, 1.82) is 0 Å². The maximum Gasteiger partial charge on any atom is 0.344 e. The van der Waals surface area contributed by atoms with E-state index in [4.69, 9.17) is 9.47 Å². The highest BCUT2D eigenvalue weighted by atomic mass is 16.6. The maximum atomic E-state index is 11.2. The van der Waals surface area contributed by atoms with Crippen molar-refractivity contribution in [2.45, 2.75) is 19.8 Å². The zero-order chi connectivity index (χ0) is 12.5. The average molecular weight is 236 g/mol. The average Bonchev–Trinajstić information content (AvgIpc) is 2.37. The Balaban J connectivity index is 2.34. The molecular weight excluding hydrogens is 220 g/mol. The van der Waals surface area contributed by atoms with Crippen molar-refractivity contribution < 1.29 is 19.1 Å². The van der Waals surface area contributed by atoms with Gasteiger partial charge in [0.2, 0.25) is 0 Å². The van der Waals surface area contributed by atoms with Crippen LogP contribution in [0.2, 0.25) is 0 Å². The third kappa shape index (κ3) is 5.15. The van der Waals surface area contributed by atoms with Gasteiger partial charge < -0.3 is 9.47 Å². The number of hydrogen-bond acceptors (Lipinski definition) is 4. The lowest BCUT2D eigenvalue weighted by Crippen LogP contribution is -2.15. The van der Waals surface area contributed by atoms with E-state index in [9.17, 15) is 9.59 Å². The van der Waals surface area contributed by atoms with Gasteiger partial charge in [0, 0.05) is 5.56 Å². The third-order valence-electron chi connectivity index (χ3n) is 2.11. The van der Waals surface area contributed by atoms with Crippen LogP contribution in [0, 0.1) is 0 Å². The van der Waals surface area contributed by atoms with Crippen molar-refractivity contribution in [3.63, 3.8) is 0 Å². The second-order valence-corrected chi connectivity index (χ2v) is 3.55. The summed E-state index contributed by atoms with van der Waals surface area (Å²) in [5.74, 6) is 0.0944. The smallest absolute Gasteiger partial charge is 0.344 e. The van der Waals surface area contributed by atoms with Crippen LogP contribution in [0.3, 0.4) is 0 Å². The van der Waals surface area contributed by atoms with E-state index in [-0.39, 0.29) is 6.61 Å². The molecule has 1 aromatic rings. The van der Waals surface area contributed by atoms with Crippen molar-refractivity contribution >= 4 is 12.3 Å². The lowest BCUT2D eigenvalue weighted by atomic mass is 10.2. The number of esters is 1. The molecule has 1 aromatic carbocycles. The van der Waals surface area contributed by atoms with Gasteiger partial charge in [0.1, 0.15) is 12.0 Å². The number of carbonyl (C=O) groups is 2. The molecule has 0 spiro atoms. The van der Waals surface area contributed by atoms with Gasteiger partial charge >= 0.3 is 5.97 Å². The molecule has 17 heavy (non-hydrogen) atoms. The first-order valence-electron chi connectivity index (χ1n) is 5.60. The molecule has 0 aromatic heterocycles. The van der Waals surface area contributed by atoms with Crippen molar-refractivity contribution in [3.8, 4) is 5.75 Å². The van der Waals surface area contributed by atoms with Crippen molar-refractivity contribution in [2.24, 2.45) is 0 Å². The van der Waals surface area contributed by atoms with E-state index < -0.39 is 5.97 Å². The monoisotopic (exact) mass is 236 g/mol. The fraction of sp³-hybridized carbons (Fsp3) is 0.385. The lowest BCUT2D eigenvalue weighted by molar-refractivity contribution is -0.146. The first kappa shape index (κ1) is 13.2. The molecule has 0 aliphatic heterocycles. The number of carbonyl (C=O) groups excluding carboxylic acids is 2. The summed E-state index contributed by atoms with van der Waals surface area (Å²) >= 11 is 0. The van der Waals surface area contributed by atoms with E-state index >= 15 is 0 Å². The van der Waals surface area contributed by atoms with Gasteiger partial charge in [-0.05, 0) is 18.6 Å². The van der Waals surface area contributed by atoms with Gasteiger partial charge in [-0.25, -0.2) is 4.79 Å². The zero-order valence-corrected chi connectivity index (χ0v) is 9.85. The molecule has 0 bridgehead atoms. The summed E-state index contributed by atoms with van der Waals surface area (Å²) in [4.78, 5) is 21.8. The SMILES string of the molecule is CCCCOC(=O)COc1cccc(C=O)c1. The van der Waals surface area contributed by atoms with Crippen molar-refractivity contribution in [1.82, 2.24) is 0 Å². The van der Waals surface area contributed by atoms with E-state index in [0.29, 0.717) is 17.9 Å². The molecule has 0 amide bonds. The fourth-order valence-corrected chi connectivity index (χ4v) is 1.19. The fourth-order valence-electron chi connectivity index (χ4n) is 1.19. The quantitative estimate of drug-likeness (QED) is 0.414. The Morgan fingerprint density at radius 2 is 2.24 bits per heavy atom. The van der Waals surface area contributed by atoms with Crippen LogP contribution in [0.15, 0.2) is 24.3 Å². The molecule has 0 aliphatic carbocycles. The molecule has 0 aliphatic rings. The minimum Gasteiger partial charge on any atom is -0.482 e. The second-order valence-electron chi connectivity index (χ2n) is 3.55. The number of hydrogen-bond donors (Lipinski definition) is 0. The molecule has 0 saturated carbocycles. The zero-order valence-electron chi connectivity index (χ0n) is 9.85. The van der Waals surface area contributed by atoms with E-state index in [0.717, 1.165) is 19.1 Å². The minimum atomic E-state index is -0.394. The Labute approximate surface area is 101 Å². The summed E-state index contributed by atoms with van der Waals surface area (Å²) in [6.07, 6.45) is 2.56. The van der Waals surface area contributed by atoms with Gasteiger partial charge in [-0.1, -0.05) is 25.5 Å². The first-order chi connectivity index (χ1) is 8.26. The summed E-state index contributed by atoms with van der Waals surface area (Å²) in [5.41, 5.74) is 0.516. The molecule has 0 atom stereocenters. The van der Waals surface area contributed by atoms with Gasteiger partial charge in [0.15, 0.2) is 6.61 Å². The maximum absolute atomic E-state index is 11.2. The molecule has 0 unspecified atom stereocenters. The first-order valence-corrected chi connectivity index (χ1v) is 5.60. The molecule has 0 radical (unpaired) electrons. The van der Waals surface area contributed by atoms with Crippen LogP contribution >= 0.6 is 0 Å². The molecule has 0 saturated heterocycles.